The van der Waals surface area contributed by atoms with Crippen LogP contribution >= 0.6 is 0 Å². The van der Waals surface area contributed by atoms with Crippen LogP contribution in [-0.2, 0) is 27.1 Å². The Morgan fingerprint density at radius 2 is 2.12 bits per heavy atom. The van der Waals surface area contributed by atoms with E-state index in [0.29, 0.717) is 0 Å². The second-order valence-electron chi connectivity index (χ2n) is 4.06. The predicted molar refractivity (Wildman–Crippen MR) is 60.2 cm³/mol. The van der Waals surface area contributed by atoms with Gasteiger partial charge in [0.1, 0.15) is 12.7 Å². The molecule has 1 aromatic carbocycles. The quantitative estimate of drug-likeness (QED) is 0.728. The number of methoxy groups -OCH3 is 1. The molecule has 0 aliphatic heterocycles. The molecule has 0 amide bonds. The molecule has 1 aliphatic carbocycles. The first-order valence-electron chi connectivity index (χ1n) is 5.55. The Labute approximate surface area is 95.4 Å². The maximum Gasteiger partial charge on any atom is 0.332 e. The van der Waals surface area contributed by atoms with Crippen molar-refractivity contribution in [1.82, 2.24) is 0 Å². The van der Waals surface area contributed by atoms with Crippen LogP contribution in [0.4, 0.5) is 0 Å². The number of carbonyl (C=O) groups is 1. The summed E-state index contributed by atoms with van der Waals surface area (Å²) >= 11 is 0. The Bertz CT molecular complexity index is 373. The van der Waals surface area contributed by atoms with Crippen molar-refractivity contribution in [3.05, 3.63) is 35.4 Å². The molecule has 1 aliphatic rings. The topological polar surface area (TPSA) is 35.5 Å². The zero-order valence-corrected chi connectivity index (χ0v) is 9.44. The van der Waals surface area contributed by atoms with E-state index in [0.717, 1.165) is 19.3 Å². The molecule has 1 aromatic rings. The molecule has 16 heavy (non-hydrogen) atoms. The van der Waals surface area contributed by atoms with Crippen LogP contribution in [0.2, 0.25) is 0 Å². The number of aryl methyl sites for hydroxylation is 1. The molecule has 0 fully saturated rings. The largest absolute Gasteiger partial charge is 0.460 e. The predicted octanol–water partition coefficient (Wildman–Crippen LogP) is 1.73. The van der Waals surface area contributed by atoms with Crippen LogP contribution in [0, 0.1) is 0 Å². The summed E-state index contributed by atoms with van der Waals surface area (Å²) in [6.07, 6.45) is 2.73. The second kappa shape index (κ2) is 5.12. The molecular formula is C13H16O3. The van der Waals surface area contributed by atoms with Gasteiger partial charge in [-0.15, -0.1) is 0 Å². The van der Waals surface area contributed by atoms with E-state index in [1.807, 2.05) is 6.07 Å². The lowest BCUT2D eigenvalue weighted by Gasteiger charge is -2.24. The molecule has 2 rings (SSSR count). The van der Waals surface area contributed by atoms with Gasteiger partial charge in [0.15, 0.2) is 0 Å². The van der Waals surface area contributed by atoms with E-state index in [2.05, 4.69) is 18.2 Å². The third kappa shape index (κ3) is 2.61. The molecule has 0 saturated heterocycles. The van der Waals surface area contributed by atoms with E-state index in [4.69, 9.17) is 9.47 Å². The van der Waals surface area contributed by atoms with Gasteiger partial charge >= 0.3 is 5.97 Å². The molecule has 0 N–H and O–H groups in total. The molecule has 1 atom stereocenters. The van der Waals surface area contributed by atoms with Gasteiger partial charge in [0, 0.05) is 13.5 Å². The highest BCUT2D eigenvalue weighted by Crippen LogP contribution is 2.22. The number of ether oxygens (including phenoxy) is 2. The first-order chi connectivity index (χ1) is 7.79. The van der Waals surface area contributed by atoms with E-state index < -0.39 is 0 Å². The molecular weight excluding hydrogens is 204 g/mol. The Balaban J connectivity index is 1.95. The molecule has 0 aromatic heterocycles. The van der Waals surface area contributed by atoms with E-state index in [9.17, 15) is 4.79 Å². The highest BCUT2D eigenvalue weighted by atomic mass is 16.6. The van der Waals surface area contributed by atoms with Crippen molar-refractivity contribution in [2.45, 2.75) is 25.4 Å². The lowest BCUT2D eigenvalue weighted by Crippen LogP contribution is -2.27. The molecule has 0 heterocycles. The van der Waals surface area contributed by atoms with Gasteiger partial charge < -0.3 is 9.47 Å². The van der Waals surface area contributed by atoms with Crippen molar-refractivity contribution in [2.75, 3.05) is 13.7 Å². The van der Waals surface area contributed by atoms with Gasteiger partial charge in [-0.05, 0) is 24.0 Å². The lowest BCUT2D eigenvalue weighted by molar-refractivity contribution is -0.153. The van der Waals surface area contributed by atoms with Gasteiger partial charge in [0.25, 0.3) is 0 Å². The van der Waals surface area contributed by atoms with Crippen molar-refractivity contribution in [1.29, 1.82) is 0 Å². The van der Waals surface area contributed by atoms with Gasteiger partial charge in [-0.3, -0.25) is 0 Å². The molecule has 3 nitrogen and oxygen atoms in total. The van der Waals surface area contributed by atoms with Crippen molar-refractivity contribution in [3.63, 3.8) is 0 Å². The Hall–Kier alpha value is -1.35. The number of hydrogen-bond acceptors (Lipinski definition) is 3. The zero-order valence-electron chi connectivity index (χ0n) is 9.44. The summed E-state index contributed by atoms with van der Waals surface area (Å²) in [4.78, 5) is 11.3. The maximum atomic E-state index is 11.3. The van der Waals surface area contributed by atoms with Crippen molar-refractivity contribution in [3.8, 4) is 0 Å². The van der Waals surface area contributed by atoms with Crippen molar-refractivity contribution in [2.24, 2.45) is 0 Å². The van der Waals surface area contributed by atoms with Crippen molar-refractivity contribution < 1.29 is 14.3 Å². The van der Waals surface area contributed by atoms with Crippen LogP contribution in [0.3, 0.4) is 0 Å². The summed E-state index contributed by atoms with van der Waals surface area (Å²) in [5.41, 5.74) is 2.67. The van der Waals surface area contributed by atoms with E-state index in [1.54, 1.807) is 0 Å². The summed E-state index contributed by atoms with van der Waals surface area (Å²) in [6, 6.07) is 8.32. The SMILES string of the molecule is COCC(=O)OC1CCc2ccccc2C1. The molecule has 86 valence electrons. The lowest BCUT2D eigenvalue weighted by atomic mass is 9.90. The highest BCUT2D eigenvalue weighted by Gasteiger charge is 2.21. The average molecular weight is 220 g/mol. The molecule has 0 saturated carbocycles. The average Bonchev–Trinajstić information content (AvgIpc) is 2.29. The number of rotatable bonds is 3. The van der Waals surface area contributed by atoms with Gasteiger partial charge in [-0.1, -0.05) is 24.3 Å². The van der Waals surface area contributed by atoms with Gasteiger partial charge in [0.2, 0.25) is 0 Å². The Morgan fingerprint density at radius 1 is 1.38 bits per heavy atom. The van der Waals surface area contributed by atoms with E-state index in [-0.39, 0.29) is 18.7 Å². The van der Waals surface area contributed by atoms with Crippen molar-refractivity contribution >= 4 is 5.97 Å². The second-order valence-corrected chi connectivity index (χ2v) is 4.06. The summed E-state index contributed by atoms with van der Waals surface area (Å²) in [6.45, 7) is 0.0398. The Kier molecular flexibility index (Phi) is 3.57. The summed E-state index contributed by atoms with van der Waals surface area (Å²) < 4.78 is 10.1. The molecule has 1 unspecified atom stereocenters. The fourth-order valence-corrected chi connectivity index (χ4v) is 2.10. The van der Waals surface area contributed by atoms with Gasteiger partial charge in [0.05, 0.1) is 0 Å². The third-order valence-corrected chi connectivity index (χ3v) is 2.86. The van der Waals surface area contributed by atoms with Crippen LogP contribution in [0.25, 0.3) is 0 Å². The highest BCUT2D eigenvalue weighted by molar-refractivity contribution is 5.70. The fraction of sp³-hybridized carbons (Fsp3) is 0.462. The van der Waals surface area contributed by atoms with Crippen LogP contribution in [0.1, 0.15) is 17.5 Å². The smallest absolute Gasteiger partial charge is 0.332 e. The number of fused-ring (bicyclic) bond motifs is 1. The first kappa shape index (κ1) is 11.1. The number of carbonyl (C=O) groups excluding carboxylic acids is 1. The molecule has 3 heteroatoms. The van der Waals surface area contributed by atoms with Crippen LogP contribution in [-0.4, -0.2) is 25.8 Å². The van der Waals surface area contributed by atoms with Crippen LogP contribution in [0.5, 0.6) is 0 Å². The maximum absolute atomic E-state index is 11.3. The number of hydrogen-bond donors (Lipinski definition) is 0. The zero-order chi connectivity index (χ0) is 11.4. The first-order valence-corrected chi connectivity index (χ1v) is 5.55. The Morgan fingerprint density at radius 3 is 2.88 bits per heavy atom. The minimum absolute atomic E-state index is 0.0116. The van der Waals surface area contributed by atoms with Crippen LogP contribution < -0.4 is 0 Å². The minimum Gasteiger partial charge on any atom is -0.460 e. The normalized spacial score (nSPS) is 18.9. The van der Waals surface area contributed by atoms with Crippen LogP contribution in [0.15, 0.2) is 24.3 Å². The summed E-state index contributed by atoms with van der Waals surface area (Å²) in [5.74, 6) is -0.271. The van der Waals surface area contributed by atoms with E-state index >= 15 is 0 Å². The molecule has 0 bridgehead atoms. The van der Waals surface area contributed by atoms with Gasteiger partial charge in [-0.2, -0.15) is 0 Å². The van der Waals surface area contributed by atoms with E-state index in [1.165, 1.54) is 18.2 Å². The summed E-state index contributed by atoms with van der Waals surface area (Å²) in [5, 5.41) is 0. The monoisotopic (exact) mass is 220 g/mol. The minimum atomic E-state index is -0.271. The third-order valence-electron chi connectivity index (χ3n) is 2.86. The number of benzene rings is 1. The van der Waals surface area contributed by atoms with Gasteiger partial charge in [-0.25, -0.2) is 4.79 Å². The number of esters is 1. The fourth-order valence-electron chi connectivity index (χ4n) is 2.10. The molecule has 0 spiro atoms. The molecule has 0 radical (unpaired) electrons. The standard InChI is InChI=1S/C13H16O3/c1-15-9-13(14)16-12-7-6-10-4-2-3-5-11(10)8-12/h2-5,12H,6-9H2,1H3. The summed E-state index contributed by atoms with van der Waals surface area (Å²) in [7, 11) is 1.50.